The van der Waals surface area contributed by atoms with Crippen LogP contribution in [0.25, 0.3) is 0 Å². The van der Waals surface area contributed by atoms with Gasteiger partial charge in [-0.15, -0.1) is 17.9 Å². The minimum absolute atomic E-state index is 0.168. The molecule has 0 fully saturated rings. The van der Waals surface area contributed by atoms with E-state index >= 15 is 0 Å². The fourth-order valence-corrected chi connectivity index (χ4v) is 2.34. The van der Waals surface area contributed by atoms with Crippen molar-refractivity contribution in [1.29, 1.82) is 0 Å². The summed E-state index contributed by atoms with van der Waals surface area (Å²) in [6.07, 6.45) is 0.768. The number of amides is 1. The summed E-state index contributed by atoms with van der Waals surface area (Å²) in [6, 6.07) is 8.97. The maximum atomic E-state index is 12.0. The van der Waals surface area contributed by atoms with Crippen molar-refractivity contribution in [3.8, 4) is 0 Å². The molecule has 0 aliphatic rings. The lowest BCUT2D eigenvalue weighted by atomic mass is 10.3. The molecule has 1 aromatic heterocycles. The quantitative estimate of drug-likeness (QED) is 0.602. The average molecular weight is 331 g/mol. The van der Waals surface area contributed by atoms with Gasteiger partial charge in [-0.25, -0.2) is 9.78 Å². The van der Waals surface area contributed by atoms with Gasteiger partial charge < -0.3 is 15.4 Å². The standard InChI is InChI=1S/C16H17N3O3S/c1-3-9-17-16-19-13(10-23-16)15(21)22-11(2)14(20)18-12-7-5-4-6-8-12/h3-8,10-11H,1,9H2,2H3,(H,17,19)(H,18,20). The number of esters is 1. The van der Waals surface area contributed by atoms with Crippen LogP contribution in [0.4, 0.5) is 10.8 Å². The highest BCUT2D eigenvalue weighted by Gasteiger charge is 2.20. The summed E-state index contributed by atoms with van der Waals surface area (Å²) in [4.78, 5) is 28.1. The molecule has 1 amide bonds. The number of carbonyl (C=O) groups is 2. The first-order valence-corrected chi connectivity index (χ1v) is 7.85. The average Bonchev–Trinajstić information content (AvgIpc) is 3.02. The molecule has 0 saturated heterocycles. The molecule has 1 aromatic carbocycles. The van der Waals surface area contributed by atoms with E-state index in [1.54, 1.807) is 35.7 Å². The zero-order chi connectivity index (χ0) is 16.7. The second-order valence-corrected chi connectivity index (χ2v) is 5.47. The summed E-state index contributed by atoms with van der Waals surface area (Å²) in [5.41, 5.74) is 0.811. The van der Waals surface area contributed by atoms with Gasteiger partial charge in [-0.2, -0.15) is 0 Å². The molecule has 0 spiro atoms. The van der Waals surface area contributed by atoms with Crippen molar-refractivity contribution in [2.24, 2.45) is 0 Å². The van der Waals surface area contributed by atoms with Gasteiger partial charge in [0, 0.05) is 17.6 Å². The first-order chi connectivity index (χ1) is 11.1. The number of ether oxygens (including phenoxy) is 1. The van der Waals surface area contributed by atoms with Crippen LogP contribution >= 0.6 is 11.3 Å². The van der Waals surface area contributed by atoms with Gasteiger partial charge in [0.15, 0.2) is 16.9 Å². The lowest BCUT2D eigenvalue weighted by Crippen LogP contribution is -2.30. The zero-order valence-corrected chi connectivity index (χ0v) is 13.4. The Morgan fingerprint density at radius 2 is 2.13 bits per heavy atom. The Morgan fingerprint density at radius 1 is 1.39 bits per heavy atom. The van der Waals surface area contributed by atoms with E-state index in [0.717, 1.165) is 0 Å². The van der Waals surface area contributed by atoms with Crippen molar-refractivity contribution < 1.29 is 14.3 Å². The van der Waals surface area contributed by atoms with E-state index in [1.165, 1.54) is 18.3 Å². The summed E-state index contributed by atoms with van der Waals surface area (Å²) in [6.45, 7) is 5.66. The van der Waals surface area contributed by atoms with Crippen LogP contribution in [-0.2, 0) is 9.53 Å². The molecule has 6 nitrogen and oxygen atoms in total. The van der Waals surface area contributed by atoms with Gasteiger partial charge in [-0.05, 0) is 19.1 Å². The van der Waals surface area contributed by atoms with Gasteiger partial charge in [-0.3, -0.25) is 4.79 Å². The van der Waals surface area contributed by atoms with E-state index in [4.69, 9.17) is 4.74 Å². The number of thiazole rings is 1. The van der Waals surface area contributed by atoms with Crippen LogP contribution in [0.5, 0.6) is 0 Å². The van der Waals surface area contributed by atoms with E-state index in [-0.39, 0.29) is 5.69 Å². The first-order valence-electron chi connectivity index (χ1n) is 6.97. The van der Waals surface area contributed by atoms with Crippen LogP contribution in [0.3, 0.4) is 0 Å². The molecular formula is C16H17N3O3S. The van der Waals surface area contributed by atoms with E-state index in [1.807, 2.05) is 6.07 Å². The van der Waals surface area contributed by atoms with Crippen LogP contribution in [0.2, 0.25) is 0 Å². The number of para-hydroxylation sites is 1. The molecule has 0 radical (unpaired) electrons. The van der Waals surface area contributed by atoms with Gasteiger partial charge in [0.25, 0.3) is 5.91 Å². The van der Waals surface area contributed by atoms with Crippen LogP contribution < -0.4 is 10.6 Å². The molecule has 2 aromatic rings. The maximum Gasteiger partial charge on any atom is 0.358 e. The smallest absolute Gasteiger partial charge is 0.358 e. The number of benzene rings is 1. The van der Waals surface area contributed by atoms with Gasteiger partial charge in [-0.1, -0.05) is 24.3 Å². The molecule has 23 heavy (non-hydrogen) atoms. The van der Waals surface area contributed by atoms with E-state index in [0.29, 0.717) is 17.4 Å². The Labute approximate surface area is 138 Å². The van der Waals surface area contributed by atoms with Crippen molar-refractivity contribution in [2.45, 2.75) is 13.0 Å². The third-order valence-corrected chi connectivity index (χ3v) is 3.61. The summed E-state index contributed by atoms with van der Waals surface area (Å²) in [7, 11) is 0. The monoisotopic (exact) mass is 331 g/mol. The fraction of sp³-hybridized carbons (Fsp3) is 0.188. The maximum absolute atomic E-state index is 12.0. The number of nitrogens with zero attached hydrogens (tertiary/aromatic N) is 1. The molecule has 2 N–H and O–H groups in total. The van der Waals surface area contributed by atoms with Crippen LogP contribution in [0.1, 0.15) is 17.4 Å². The molecule has 120 valence electrons. The fourth-order valence-electron chi connectivity index (χ4n) is 1.65. The number of hydrogen-bond donors (Lipinski definition) is 2. The minimum Gasteiger partial charge on any atom is -0.448 e. The van der Waals surface area contributed by atoms with Gasteiger partial charge in [0.05, 0.1) is 0 Å². The van der Waals surface area contributed by atoms with Crippen molar-refractivity contribution in [2.75, 3.05) is 17.2 Å². The van der Waals surface area contributed by atoms with Gasteiger partial charge in [0.1, 0.15) is 0 Å². The second-order valence-electron chi connectivity index (χ2n) is 4.61. The lowest BCUT2D eigenvalue weighted by Gasteiger charge is -2.12. The summed E-state index contributed by atoms with van der Waals surface area (Å²) in [5.74, 6) is -1.03. The number of anilines is 2. The Bertz CT molecular complexity index is 685. The van der Waals surface area contributed by atoms with E-state index < -0.39 is 18.0 Å². The number of carbonyl (C=O) groups excluding carboxylic acids is 2. The number of aromatic nitrogens is 1. The van der Waals surface area contributed by atoms with Gasteiger partial charge in [0.2, 0.25) is 0 Å². The Kier molecular flexibility index (Phi) is 5.87. The number of rotatable bonds is 7. The molecule has 0 aliphatic heterocycles. The van der Waals surface area contributed by atoms with Crippen molar-refractivity contribution in [1.82, 2.24) is 4.98 Å². The zero-order valence-electron chi connectivity index (χ0n) is 12.6. The molecule has 0 aliphatic carbocycles. The highest BCUT2D eigenvalue weighted by atomic mass is 32.1. The molecule has 1 unspecified atom stereocenters. The molecule has 1 atom stereocenters. The number of hydrogen-bond acceptors (Lipinski definition) is 6. The lowest BCUT2D eigenvalue weighted by molar-refractivity contribution is -0.123. The highest BCUT2D eigenvalue weighted by molar-refractivity contribution is 7.13. The largest absolute Gasteiger partial charge is 0.448 e. The SMILES string of the molecule is C=CCNc1nc(C(=O)OC(C)C(=O)Nc2ccccc2)cs1. The van der Waals surface area contributed by atoms with Crippen LogP contribution in [0.15, 0.2) is 48.4 Å². The summed E-state index contributed by atoms with van der Waals surface area (Å²) in [5, 5.41) is 7.83. The minimum atomic E-state index is -0.922. The Hall–Kier alpha value is -2.67. The predicted octanol–water partition coefficient (Wildman–Crippen LogP) is 2.93. The molecular weight excluding hydrogens is 314 g/mol. The third-order valence-electron chi connectivity index (χ3n) is 2.81. The second kappa shape index (κ2) is 8.09. The molecule has 2 rings (SSSR count). The van der Waals surface area contributed by atoms with E-state index in [9.17, 15) is 9.59 Å². The molecule has 0 bridgehead atoms. The van der Waals surface area contributed by atoms with Crippen LogP contribution in [0, 0.1) is 0 Å². The first kappa shape index (κ1) is 16.7. The predicted molar refractivity (Wildman–Crippen MR) is 90.7 cm³/mol. The molecule has 0 saturated carbocycles. The van der Waals surface area contributed by atoms with Crippen molar-refractivity contribution in [3.05, 3.63) is 54.1 Å². The highest BCUT2D eigenvalue weighted by Crippen LogP contribution is 2.16. The summed E-state index contributed by atoms with van der Waals surface area (Å²) < 4.78 is 5.13. The topological polar surface area (TPSA) is 80.3 Å². The Morgan fingerprint density at radius 3 is 2.83 bits per heavy atom. The number of nitrogens with one attached hydrogen (secondary N) is 2. The Balaban J connectivity index is 1.89. The molecule has 1 heterocycles. The van der Waals surface area contributed by atoms with E-state index in [2.05, 4.69) is 22.2 Å². The van der Waals surface area contributed by atoms with Crippen molar-refractivity contribution >= 4 is 34.0 Å². The normalized spacial score (nSPS) is 11.3. The van der Waals surface area contributed by atoms with Crippen molar-refractivity contribution in [3.63, 3.8) is 0 Å². The summed E-state index contributed by atoms with van der Waals surface area (Å²) >= 11 is 1.28. The van der Waals surface area contributed by atoms with Crippen LogP contribution in [-0.4, -0.2) is 29.5 Å². The third kappa shape index (κ3) is 4.93. The van der Waals surface area contributed by atoms with Gasteiger partial charge >= 0.3 is 5.97 Å². The molecule has 7 heteroatoms.